The summed E-state index contributed by atoms with van der Waals surface area (Å²) in [7, 11) is 0. The monoisotopic (exact) mass is 375 g/mol. The van der Waals surface area contributed by atoms with Crippen LogP contribution in [0, 0.1) is 28.6 Å². The van der Waals surface area contributed by atoms with Gasteiger partial charge in [-0.1, -0.05) is 24.6 Å². The molecule has 0 amide bonds. The molecule has 6 atom stereocenters. The number of aliphatic carboxylic acids is 1. The average Bonchev–Trinajstić information content (AvgIpc) is 2.86. The first-order valence-electron chi connectivity index (χ1n) is 10.1. The van der Waals surface area contributed by atoms with E-state index in [1.54, 1.807) is 0 Å². The van der Waals surface area contributed by atoms with Gasteiger partial charge in [-0.25, -0.2) is 4.79 Å². The minimum Gasteiger partial charge on any atom is -0.479 e. The van der Waals surface area contributed by atoms with Gasteiger partial charge in [0.1, 0.15) is 0 Å². The van der Waals surface area contributed by atoms with Crippen LogP contribution in [-0.2, 0) is 14.4 Å². The van der Waals surface area contributed by atoms with E-state index < -0.39 is 18.7 Å². The maximum atomic E-state index is 11.9. The number of rotatable bonds is 3. The molecule has 3 saturated carbocycles. The molecule has 0 aliphatic heterocycles. The van der Waals surface area contributed by atoms with E-state index in [2.05, 4.69) is 19.0 Å². The molecule has 4 rings (SSSR count). The zero-order chi connectivity index (χ0) is 19.4. The van der Waals surface area contributed by atoms with Crippen molar-refractivity contribution in [3.63, 3.8) is 0 Å². The average molecular weight is 375 g/mol. The van der Waals surface area contributed by atoms with Crippen LogP contribution in [0.3, 0.4) is 0 Å². The van der Waals surface area contributed by atoms with Crippen LogP contribution >= 0.6 is 0 Å². The summed E-state index contributed by atoms with van der Waals surface area (Å²) < 4.78 is 0. The number of hydrogen-bond acceptors (Lipinski definition) is 5. The third-order valence-corrected chi connectivity index (χ3v) is 8.07. The van der Waals surface area contributed by atoms with E-state index in [0.29, 0.717) is 24.7 Å². The highest BCUT2D eigenvalue weighted by Crippen LogP contribution is 2.64. The molecule has 148 valence electrons. The van der Waals surface area contributed by atoms with Crippen LogP contribution in [0.2, 0.25) is 0 Å². The summed E-state index contributed by atoms with van der Waals surface area (Å²) in [4.78, 5) is 27.8. The number of allylic oxidation sites excluding steroid dienone is 1. The van der Waals surface area contributed by atoms with Gasteiger partial charge in [0.05, 0.1) is 11.8 Å². The Morgan fingerprint density at radius 2 is 2.07 bits per heavy atom. The molecular formula is C21H29NO5. The van der Waals surface area contributed by atoms with Crippen LogP contribution in [0.1, 0.15) is 58.8 Å². The number of carbonyl (C=O) groups is 2. The molecule has 4 aliphatic rings. The van der Waals surface area contributed by atoms with Gasteiger partial charge in [0, 0.05) is 24.2 Å². The van der Waals surface area contributed by atoms with Gasteiger partial charge in [0.2, 0.25) is 6.61 Å². The van der Waals surface area contributed by atoms with E-state index >= 15 is 0 Å². The van der Waals surface area contributed by atoms with E-state index in [0.717, 1.165) is 37.8 Å². The van der Waals surface area contributed by atoms with Gasteiger partial charge in [-0.05, 0) is 55.4 Å². The molecule has 4 aliphatic carbocycles. The van der Waals surface area contributed by atoms with Crippen molar-refractivity contribution in [3.05, 3.63) is 11.6 Å². The van der Waals surface area contributed by atoms with Gasteiger partial charge < -0.3 is 15.1 Å². The summed E-state index contributed by atoms with van der Waals surface area (Å²) in [5, 5.41) is 23.8. The summed E-state index contributed by atoms with van der Waals surface area (Å²) in [6, 6.07) is 0. The lowest BCUT2D eigenvalue weighted by Crippen LogP contribution is -2.52. The SMILES string of the molecule is C[C@]12CC[C@H]3[C@@H](CCC4=CC(=O)CC[C@@]43C)[C@@H]1/C(=N/OCC(=O)O)C[C@@H]2O. The normalized spacial score (nSPS) is 44.9. The van der Waals surface area contributed by atoms with Crippen molar-refractivity contribution in [2.45, 2.75) is 64.9 Å². The van der Waals surface area contributed by atoms with Crippen molar-refractivity contribution in [2.24, 2.45) is 33.7 Å². The largest absolute Gasteiger partial charge is 0.479 e. The van der Waals surface area contributed by atoms with Gasteiger partial charge in [-0.2, -0.15) is 0 Å². The summed E-state index contributed by atoms with van der Waals surface area (Å²) in [6.07, 6.45) is 7.31. The second kappa shape index (κ2) is 6.43. The summed E-state index contributed by atoms with van der Waals surface area (Å²) in [5.41, 5.74) is 1.96. The number of hydrogen-bond donors (Lipinski definition) is 2. The lowest BCUT2D eigenvalue weighted by atomic mass is 9.47. The molecule has 0 aromatic heterocycles. The quantitative estimate of drug-likeness (QED) is 0.740. The van der Waals surface area contributed by atoms with Crippen LogP contribution < -0.4 is 0 Å². The van der Waals surface area contributed by atoms with Crippen LogP contribution in [0.4, 0.5) is 0 Å². The molecule has 0 saturated heterocycles. The molecule has 27 heavy (non-hydrogen) atoms. The Balaban J connectivity index is 1.66. The molecule has 0 unspecified atom stereocenters. The number of aliphatic hydroxyl groups excluding tert-OH is 1. The maximum Gasteiger partial charge on any atom is 0.344 e. The maximum absolute atomic E-state index is 11.9. The molecule has 0 radical (unpaired) electrons. The van der Waals surface area contributed by atoms with Crippen molar-refractivity contribution in [3.8, 4) is 0 Å². The highest BCUT2D eigenvalue weighted by molar-refractivity contribution is 5.92. The zero-order valence-electron chi connectivity index (χ0n) is 16.1. The molecule has 6 heteroatoms. The molecule has 0 spiro atoms. The van der Waals surface area contributed by atoms with Crippen LogP contribution in [0.25, 0.3) is 0 Å². The Hall–Kier alpha value is -1.69. The number of oxime groups is 1. The third-order valence-electron chi connectivity index (χ3n) is 8.07. The Morgan fingerprint density at radius 1 is 1.30 bits per heavy atom. The van der Waals surface area contributed by atoms with Gasteiger partial charge in [-0.15, -0.1) is 0 Å². The van der Waals surface area contributed by atoms with Crippen molar-refractivity contribution in [1.29, 1.82) is 0 Å². The number of carbonyl (C=O) groups excluding carboxylic acids is 1. The van der Waals surface area contributed by atoms with Crippen molar-refractivity contribution >= 4 is 17.5 Å². The molecule has 0 aromatic carbocycles. The highest BCUT2D eigenvalue weighted by atomic mass is 16.6. The fourth-order valence-electron chi connectivity index (χ4n) is 6.62. The number of carboxylic acids is 1. The van der Waals surface area contributed by atoms with Crippen molar-refractivity contribution < 1.29 is 24.6 Å². The molecule has 0 bridgehead atoms. The molecule has 6 nitrogen and oxygen atoms in total. The number of carboxylic acid groups (broad SMARTS) is 1. The molecule has 0 heterocycles. The number of nitrogens with zero attached hydrogens (tertiary/aromatic N) is 1. The minimum absolute atomic E-state index is 0.0543. The Bertz CT molecular complexity index is 728. The van der Waals surface area contributed by atoms with Gasteiger partial charge >= 0.3 is 5.97 Å². The smallest absolute Gasteiger partial charge is 0.344 e. The zero-order valence-corrected chi connectivity index (χ0v) is 16.1. The Morgan fingerprint density at radius 3 is 2.81 bits per heavy atom. The Kier molecular flexibility index (Phi) is 4.45. The first kappa shape index (κ1) is 18.7. The lowest BCUT2D eigenvalue weighted by molar-refractivity contribution is -0.142. The highest BCUT2D eigenvalue weighted by Gasteiger charge is 2.61. The van der Waals surface area contributed by atoms with Gasteiger partial charge in [0.15, 0.2) is 5.78 Å². The number of fused-ring (bicyclic) bond motifs is 5. The molecule has 3 fully saturated rings. The first-order chi connectivity index (χ1) is 12.8. The fraction of sp³-hybridized carbons (Fsp3) is 0.762. The standard InChI is InChI=1S/C21H29NO5/c1-20-7-5-13(23)9-12(20)3-4-14-15(20)6-8-21(2)17(24)10-16(19(14)21)22-27-11-18(25)26/h9,14-15,17,19,24H,3-8,10-11H2,1-2H3,(H,25,26)/b22-16+/t14-,15+,17+,19-,20+,21-/m1/s1. The number of ketones is 1. The predicted molar refractivity (Wildman–Crippen MR) is 99.1 cm³/mol. The number of aliphatic hydroxyl groups is 1. The van der Waals surface area contributed by atoms with E-state index in [1.807, 2.05) is 6.08 Å². The van der Waals surface area contributed by atoms with Gasteiger partial charge in [-0.3, -0.25) is 4.79 Å². The molecular weight excluding hydrogens is 346 g/mol. The van der Waals surface area contributed by atoms with Crippen molar-refractivity contribution in [1.82, 2.24) is 0 Å². The predicted octanol–water partition coefficient (Wildman–Crippen LogP) is 2.95. The van der Waals surface area contributed by atoms with Crippen LogP contribution in [-0.4, -0.2) is 40.4 Å². The fourth-order valence-corrected chi connectivity index (χ4v) is 6.62. The van der Waals surface area contributed by atoms with Crippen LogP contribution in [0.15, 0.2) is 16.8 Å². The summed E-state index contributed by atoms with van der Waals surface area (Å²) >= 11 is 0. The second-order valence-electron chi connectivity index (χ2n) is 9.35. The van der Waals surface area contributed by atoms with E-state index in [1.165, 1.54) is 5.57 Å². The van der Waals surface area contributed by atoms with Gasteiger partial charge in [0.25, 0.3) is 0 Å². The van der Waals surface area contributed by atoms with E-state index in [4.69, 9.17) is 9.94 Å². The summed E-state index contributed by atoms with van der Waals surface area (Å²) in [6.45, 7) is 4.01. The second-order valence-corrected chi connectivity index (χ2v) is 9.35. The first-order valence-corrected chi connectivity index (χ1v) is 10.1. The van der Waals surface area contributed by atoms with E-state index in [9.17, 15) is 14.7 Å². The van der Waals surface area contributed by atoms with Crippen molar-refractivity contribution in [2.75, 3.05) is 6.61 Å². The molecule has 0 aromatic rings. The topological polar surface area (TPSA) is 96.2 Å². The Labute approximate surface area is 159 Å². The third kappa shape index (κ3) is 2.84. The van der Waals surface area contributed by atoms with E-state index in [-0.39, 0.29) is 22.5 Å². The lowest BCUT2D eigenvalue weighted by Gasteiger charge is -2.57. The minimum atomic E-state index is -1.05. The summed E-state index contributed by atoms with van der Waals surface area (Å²) in [5.74, 6) is 0.189. The van der Waals surface area contributed by atoms with Crippen LogP contribution in [0.5, 0.6) is 0 Å². The molecule has 2 N–H and O–H groups in total.